The number of carbonyl (C=O) groups excluding carboxylic acids is 1. The number of rotatable bonds is 6. The maximum absolute atomic E-state index is 13.5. The third-order valence-electron chi connectivity index (χ3n) is 4.85. The highest BCUT2D eigenvalue weighted by molar-refractivity contribution is 7.99. The number of amides is 1. The highest BCUT2D eigenvalue weighted by Gasteiger charge is 2.22. The van der Waals surface area contributed by atoms with Gasteiger partial charge in [0.05, 0.1) is 16.6 Å². The summed E-state index contributed by atoms with van der Waals surface area (Å²) in [5.74, 6) is 0.0850. The molecule has 1 aliphatic rings. The molecule has 0 bridgehead atoms. The molecule has 0 saturated carbocycles. The van der Waals surface area contributed by atoms with Gasteiger partial charge in [-0.3, -0.25) is 9.36 Å². The minimum absolute atomic E-state index is 0.143. The van der Waals surface area contributed by atoms with Gasteiger partial charge in [0.1, 0.15) is 11.1 Å². The largest absolute Gasteiger partial charge is 0.321 e. The summed E-state index contributed by atoms with van der Waals surface area (Å²) in [7, 11) is 0. The molecule has 0 saturated heterocycles. The molecule has 0 aliphatic heterocycles. The Morgan fingerprint density at radius 1 is 1.34 bits per heavy atom. The van der Waals surface area contributed by atoms with Gasteiger partial charge in [0, 0.05) is 17.1 Å². The van der Waals surface area contributed by atoms with Crippen LogP contribution in [0.3, 0.4) is 0 Å². The summed E-state index contributed by atoms with van der Waals surface area (Å²) in [4.78, 5) is 17.8. The first-order valence-electron chi connectivity index (χ1n) is 9.31. The maximum Gasteiger partial charge on any atom is 0.321 e. The lowest BCUT2D eigenvalue weighted by molar-refractivity contribution is -0.115. The number of anilines is 1. The molecule has 2 heterocycles. The SMILES string of the molecule is N#Cc1c(NC(=O)CCSc2nc3ccccc3n2C(F)F)sc2c1CCCC2. The van der Waals surface area contributed by atoms with Crippen LogP contribution in [0.4, 0.5) is 13.8 Å². The summed E-state index contributed by atoms with van der Waals surface area (Å²) in [5.41, 5.74) is 2.52. The van der Waals surface area contributed by atoms with Gasteiger partial charge >= 0.3 is 6.55 Å². The van der Waals surface area contributed by atoms with Gasteiger partial charge in [-0.05, 0) is 43.4 Å². The number of carbonyl (C=O) groups is 1. The van der Waals surface area contributed by atoms with Crippen LogP contribution in [0.15, 0.2) is 29.4 Å². The molecular formula is C20H18F2N4OS2. The molecule has 150 valence electrons. The summed E-state index contributed by atoms with van der Waals surface area (Å²) in [6.45, 7) is -2.70. The van der Waals surface area contributed by atoms with Crippen molar-refractivity contribution in [3.63, 3.8) is 0 Å². The number of aryl methyl sites for hydroxylation is 1. The molecule has 0 fully saturated rings. The number of para-hydroxylation sites is 2. The molecule has 0 spiro atoms. The van der Waals surface area contributed by atoms with Crippen LogP contribution in [0.5, 0.6) is 0 Å². The first-order valence-corrected chi connectivity index (χ1v) is 11.1. The number of hydrogen-bond acceptors (Lipinski definition) is 5. The van der Waals surface area contributed by atoms with E-state index >= 15 is 0 Å². The molecule has 9 heteroatoms. The monoisotopic (exact) mass is 432 g/mol. The van der Waals surface area contributed by atoms with E-state index in [1.807, 2.05) is 0 Å². The van der Waals surface area contributed by atoms with Gasteiger partial charge in [0.25, 0.3) is 0 Å². The third kappa shape index (κ3) is 4.00. The Balaban J connectivity index is 1.41. The fourth-order valence-electron chi connectivity index (χ4n) is 3.51. The average molecular weight is 433 g/mol. The topological polar surface area (TPSA) is 70.7 Å². The third-order valence-corrected chi connectivity index (χ3v) is 7.02. The van der Waals surface area contributed by atoms with Crippen molar-refractivity contribution in [1.82, 2.24) is 9.55 Å². The lowest BCUT2D eigenvalue weighted by Gasteiger charge is -2.09. The normalized spacial score (nSPS) is 13.4. The van der Waals surface area contributed by atoms with Gasteiger partial charge in [-0.2, -0.15) is 14.0 Å². The number of nitrogens with zero attached hydrogens (tertiary/aromatic N) is 3. The second-order valence-corrected chi connectivity index (χ2v) is 8.87. The van der Waals surface area contributed by atoms with E-state index in [4.69, 9.17) is 0 Å². The number of hydrogen-bond donors (Lipinski definition) is 1. The Morgan fingerprint density at radius 2 is 2.14 bits per heavy atom. The summed E-state index contributed by atoms with van der Waals surface area (Å²) < 4.78 is 27.8. The van der Waals surface area contributed by atoms with E-state index in [-0.39, 0.29) is 17.5 Å². The fourth-order valence-corrected chi connectivity index (χ4v) is 5.72. The zero-order valence-corrected chi connectivity index (χ0v) is 17.1. The van der Waals surface area contributed by atoms with Crippen molar-refractivity contribution in [2.24, 2.45) is 0 Å². The van der Waals surface area contributed by atoms with Crippen LogP contribution in [0.2, 0.25) is 0 Å². The van der Waals surface area contributed by atoms with Crippen molar-refractivity contribution in [2.45, 2.75) is 43.8 Å². The van der Waals surface area contributed by atoms with Crippen molar-refractivity contribution in [3.05, 3.63) is 40.3 Å². The number of nitriles is 1. The lowest BCUT2D eigenvalue weighted by Crippen LogP contribution is -2.12. The number of aromatic nitrogens is 2. The van der Waals surface area contributed by atoms with Gasteiger partial charge in [-0.25, -0.2) is 4.98 Å². The molecule has 0 atom stereocenters. The van der Waals surface area contributed by atoms with E-state index in [0.29, 0.717) is 27.4 Å². The zero-order chi connectivity index (χ0) is 20.4. The predicted molar refractivity (Wildman–Crippen MR) is 111 cm³/mol. The molecule has 1 N–H and O–H groups in total. The molecular weight excluding hydrogens is 414 g/mol. The molecule has 0 unspecified atom stereocenters. The number of thiophene rings is 1. The zero-order valence-electron chi connectivity index (χ0n) is 15.5. The second-order valence-electron chi connectivity index (χ2n) is 6.70. The minimum Gasteiger partial charge on any atom is -0.317 e. The Kier molecular flexibility index (Phi) is 5.83. The molecule has 3 aromatic rings. The van der Waals surface area contributed by atoms with Gasteiger partial charge < -0.3 is 5.32 Å². The van der Waals surface area contributed by atoms with Gasteiger partial charge in [-0.15, -0.1) is 11.3 Å². The number of fused-ring (bicyclic) bond motifs is 2. The Morgan fingerprint density at radius 3 is 2.93 bits per heavy atom. The number of imidazole rings is 1. The van der Waals surface area contributed by atoms with Crippen LogP contribution in [0, 0.1) is 11.3 Å². The quantitative estimate of drug-likeness (QED) is 0.532. The van der Waals surface area contributed by atoms with E-state index in [0.717, 1.165) is 47.6 Å². The number of thioether (sulfide) groups is 1. The molecule has 5 nitrogen and oxygen atoms in total. The molecule has 1 amide bonds. The minimum atomic E-state index is -2.70. The Hall–Kier alpha value is -2.44. The van der Waals surface area contributed by atoms with Gasteiger partial charge in [-0.1, -0.05) is 23.9 Å². The standard InChI is InChI=1S/C20H18F2N4OS2/c21-19(22)26-15-7-3-2-6-14(15)24-20(26)28-10-9-17(27)25-18-13(11-23)12-5-1-4-8-16(12)29-18/h2-3,6-7,19H,1,4-5,8-10H2,(H,25,27). The van der Waals surface area contributed by atoms with Crippen molar-refractivity contribution in [3.8, 4) is 6.07 Å². The molecule has 4 rings (SSSR count). The second kappa shape index (κ2) is 8.51. The summed E-state index contributed by atoms with van der Waals surface area (Å²) in [6.07, 6.45) is 4.14. The Bertz CT molecular complexity index is 1100. The van der Waals surface area contributed by atoms with E-state index in [2.05, 4.69) is 16.4 Å². The summed E-state index contributed by atoms with van der Waals surface area (Å²) in [5, 5.41) is 13.1. The van der Waals surface area contributed by atoms with Crippen LogP contribution in [-0.4, -0.2) is 21.2 Å². The molecule has 1 aromatic carbocycles. The van der Waals surface area contributed by atoms with Crippen LogP contribution >= 0.6 is 23.1 Å². The average Bonchev–Trinajstić information content (AvgIpc) is 3.25. The highest BCUT2D eigenvalue weighted by Crippen LogP contribution is 2.37. The first kappa shape index (κ1) is 19.9. The number of alkyl halides is 2. The number of benzene rings is 1. The van der Waals surface area contributed by atoms with Gasteiger partial charge in [0.15, 0.2) is 5.16 Å². The maximum atomic E-state index is 13.5. The van der Waals surface area contributed by atoms with Crippen molar-refractivity contribution < 1.29 is 13.6 Å². The Labute approximate surface area is 174 Å². The van der Waals surface area contributed by atoms with Crippen LogP contribution in [-0.2, 0) is 17.6 Å². The van der Waals surface area contributed by atoms with Crippen LogP contribution in [0.1, 0.15) is 41.8 Å². The van der Waals surface area contributed by atoms with E-state index in [9.17, 15) is 18.8 Å². The number of nitrogens with one attached hydrogen (secondary N) is 1. The molecule has 0 radical (unpaired) electrons. The van der Waals surface area contributed by atoms with Crippen molar-refractivity contribution in [2.75, 3.05) is 11.1 Å². The predicted octanol–water partition coefficient (Wildman–Crippen LogP) is 5.36. The summed E-state index contributed by atoms with van der Waals surface area (Å²) >= 11 is 2.60. The summed E-state index contributed by atoms with van der Waals surface area (Å²) in [6, 6.07) is 8.95. The molecule has 2 aromatic heterocycles. The number of halogens is 2. The first-order chi connectivity index (χ1) is 14.1. The van der Waals surface area contributed by atoms with Crippen LogP contribution in [0.25, 0.3) is 11.0 Å². The van der Waals surface area contributed by atoms with Crippen molar-refractivity contribution >= 4 is 45.0 Å². The lowest BCUT2D eigenvalue weighted by atomic mass is 9.96. The van der Waals surface area contributed by atoms with E-state index in [1.165, 1.54) is 16.2 Å². The fraction of sp³-hybridized carbons (Fsp3) is 0.350. The smallest absolute Gasteiger partial charge is 0.317 e. The van der Waals surface area contributed by atoms with Crippen molar-refractivity contribution in [1.29, 1.82) is 5.26 Å². The highest BCUT2D eigenvalue weighted by atomic mass is 32.2. The van der Waals surface area contributed by atoms with Crippen LogP contribution < -0.4 is 5.32 Å². The molecule has 1 aliphatic carbocycles. The van der Waals surface area contributed by atoms with E-state index in [1.54, 1.807) is 24.3 Å². The van der Waals surface area contributed by atoms with Gasteiger partial charge in [0.2, 0.25) is 5.91 Å². The van der Waals surface area contributed by atoms with E-state index < -0.39 is 6.55 Å². The molecule has 29 heavy (non-hydrogen) atoms.